The van der Waals surface area contributed by atoms with Gasteiger partial charge in [-0.25, -0.2) is 0 Å². The Labute approximate surface area is 148 Å². The van der Waals surface area contributed by atoms with Gasteiger partial charge < -0.3 is 9.32 Å². The number of aromatic nitrogens is 2. The van der Waals surface area contributed by atoms with Gasteiger partial charge in [0.25, 0.3) is 11.1 Å². The number of amides is 1. The van der Waals surface area contributed by atoms with E-state index in [0.29, 0.717) is 17.7 Å². The molecule has 0 spiro atoms. The van der Waals surface area contributed by atoms with E-state index in [4.69, 9.17) is 4.42 Å². The summed E-state index contributed by atoms with van der Waals surface area (Å²) in [6, 6.07) is 13.3. The molecule has 0 N–H and O–H groups in total. The van der Waals surface area contributed by atoms with Crippen LogP contribution in [0.15, 0.2) is 70.1 Å². The van der Waals surface area contributed by atoms with Crippen molar-refractivity contribution in [3.8, 4) is 10.8 Å². The van der Waals surface area contributed by atoms with E-state index in [9.17, 15) is 4.79 Å². The Morgan fingerprint density at radius 1 is 1.25 bits per heavy atom. The third-order valence-corrected chi connectivity index (χ3v) is 4.80. The highest BCUT2D eigenvalue weighted by atomic mass is 32.2. The molecule has 5 nitrogen and oxygen atoms in total. The molecule has 0 aliphatic heterocycles. The fourth-order valence-corrected chi connectivity index (χ4v) is 3.34. The highest BCUT2D eigenvalue weighted by Gasteiger charge is 2.17. The van der Waals surface area contributed by atoms with Crippen LogP contribution in [0.5, 0.6) is 0 Å². The van der Waals surface area contributed by atoms with Crippen LogP contribution in [0.25, 0.3) is 10.8 Å². The number of anilines is 1. The van der Waals surface area contributed by atoms with E-state index in [2.05, 4.69) is 16.8 Å². The number of thiophene rings is 1. The Morgan fingerprint density at radius 3 is 2.79 bits per heavy atom. The number of hydrogen-bond donors (Lipinski definition) is 0. The molecule has 1 amide bonds. The summed E-state index contributed by atoms with van der Waals surface area (Å²) < 4.78 is 5.58. The Kier molecular flexibility index (Phi) is 5.45. The zero-order chi connectivity index (χ0) is 16.8. The quantitative estimate of drug-likeness (QED) is 0.470. The fraction of sp³-hybridized carbons (Fsp3) is 0.118. The third kappa shape index (κ3) is 3.93. The van der Waals surface area contributed by atoms with E-state index in [1.807, 2.05) is 47.8 Å². The summed E-state index contributed by atoms with van der Waals surface area (Å²) in [5, 5.41) is 10.3. The average Bonchev–Trinajstić information content (AvgIpc) is 3.29. The Bertz CT molecular complexity index is 800. The molecule has 24 heavy (non-hydrogen) atoms. The maximum absolute atomic E-state index is 12.5. The molecular weight excluding hydrogens is 342 g/mol. The zero-order valence-corrected chi connectivity index (χ0v) is 14.4. The van der Waals surface area contributed by atoms with Gasteiger partial charge in [0.2, 0.25) is 5.91 Å². The second kappa shape index (κ2) is 7.94. The van der Waals surface area contributed by atoms with Crippen molar-refractivity contribution >= 4 is 34.7 Å². The molecule has 0 saturated carbocycles. The lowest BCUT2D eigenvalue weighted by atomic mass is 10.3. The van der Waals surface area contributed by atoms with Gasteiger partial charge in [-0.05, 0) is 23.6 Å². The first-order chi connectivity index (χ1) is 11.8. The lowest BCUT2D eigenvalue weighted by Gasteiger charge is -2.20. The molecule has 3 rings (SSSR count). The summed E-state index contributed by atoms with van der Waals surface area (Å²) in [7, 11) is 0. The van der Waals surface area contributed by atoms with Crippen LogP contribution >= 0.6 is 23.1 Å². The smallest absolute Gasteiger partial charge is 0.277 e. The van der Waals surface area contributed by atoms with Crippen LogP contribution < -0.4 is 4.90 Å². The summed E-state index contributed by atoms with van der Waals surface area (Å²) in [5.41, 5.74) is 0.841. The second-order valence-electron chi connectivity index (χ2n) is 4.77. The predicted molar refractivity (Wildman–Crippen MR) is 97.3 cm³/mol. The molecule has 0 bridgehead atoms. The summed E-state index contributed by atoms with van der Waals surface area (Å²) >= 11 is 2.77. The van der Waals surface area contributed by atoms with E-state index in [0.717, 1.165) is 10.6 Å². The number of para-hydroxylation sites is 1. The average molecular weight is 357 g/mol. The molecule has 0 saturated heterocycles. The van der Waals surface area contributed by atoms with Gasteiger partial charge in [0.05, 0.1) is 10.6 Å². The van der Waals surface area contributed by atoms with Gasteiger partial charge in [0, 0.05) is 12.2 Å². The van der Waals surface area contributed by atoms with Crippen LogP contribution in [0.2, 0.25) is 0 Å². The maximum Gasteiger partial charge on any atom is 0.277 e. The number of rotatable bonds is 7. The first-order valence-corrected chi connectivity index (χ1v) is 9.11. The summed E-state index contributed by atoms with van der Waals surface area (Å²) in [6.45, 7) is 4.17. The Morgan fingerprint density at radius 2 is 2.08 bits per heavy atom. The largest absolute Gasteiger partial charge is 0.410 e. The molecule has 0 aliphatic rings. The van der Waals surface area contributed by atoms with Crippen LogP contribution in [0.4, 0.5) is 5.69 Å². The molecule has 0 fully saturated rings. The van der Waals surface area contributed by atoms with Gasteiger partial charge in [-0.1, -0.05) is 42.1 Å². The van der Waals surface area contributed by atoms with E-state index in [1.54, 1.807) is 11.0 Å². The van der Waals surface area contributed by atoms with E-state index < -0.39 is 0 Å². The number of carbonyl (C=O) groups is 1. The molecule has 0 unspecified atom stereocenters. The fourth-order valence-electron chi connectivity index (χ4n) is 2.06. The van der Waals surface area contributed by atoms with E-state index in [1.165, 1.54) is 23.1 Å². The van der Waals surface area contributed by atoms with Crippen molar-refractivity contribution in [1.29, 1.82) is 0 Å². The van der Waals surface area contributed by atoms with Crippen molar-refractivity contribution in [2.24, 2.45) is 0 Å². The molecule has 0 radical (unpaired) electrons. The van der Waals surface area contributed by atoms with Crippen LogP contribution in [0.3, 0.4) is 0 Å². The Hall–Kier alpha value is -2.38. The first-order valence-electron chi connectivity index (χ1n) is 7.24. The number of thioether (sulfide) groups is 1. The SMILES string of the molecule is C=CCN(C(=O)CSc1nnc(-c2cccs2)o1)c1ccccc1. The van der Waals surface area contributed by atoms with Gasteiger partial charge in [0.1, 0.15) is 0 Å². The molecule has 7 heteroatoms. The predicted octanol–water partition coefficient (Wildman–Crippen LogP) is 4.11. The molecule has 0 atom stereocenters. The molecule has 2 aromatic heterocycles. The first kappa shape index (κ1) is 16.5. The topological polar surface area (TPSA) is 59.2 Å². The maximum atomic E-state index is 12.5. The molecule has 3 aromatic rings. The summed E-state index contributed by atoms with van der Waals surface area (Å²) in [4.78, 5) is 15.1. The van der Waals surface area contributed by atoms with E-state index in [-0.39, 0.29) is 11.7 Å². The van der Waals surface area contributed by atoms with Crippen LogP contribution in [-0.2, 0) is 4.79 Å². The molecule has 122 valence electrons. The van der Waals surface area contributed by atoms with E-state index >= 15 is 0 Å². The Balaban J connectivity index is 1.64. The minimum atomic E-state index is -0.0398. The number of benzene rings is 1. The standard InChI is InChI=1S/C17H15N3O2S2/c1-2-10-20(13-7-4-3-5-8-13)15(21)12-24-17-19-18-16(22-17)14-9-6-11-23-14/h2-9,11H,1,10,12H2. The van der Waals surface area contributed by atoms with Gasteiger partial charge >= 0.3 is 0 Å². The van der Waals surface area contributed by atoms with Crippen LogP contribution in [-0.4, -0.2) is 28.4 Å². The highest BCUT2D eigenvalue weighted by Crippen LogP contribution is 2.27. The minimum absolute atomic E-state index is 0.0398. The summed E-state index contributed by atoms with van der Waals surface area (Å²) in [5.74, 6) is 0.655. The number of hydrogen-bond acceptors (Lipinski definition) is 6. The lowest BCUT2D eigenvalue weighted by Crippen LogP contribution is -2.32. The van der Waals surface area contributed by atoms with Crippen molar-refractivity contribution in [1.82, 2.24) is 10.2 Å². The van der Waals surface area contributed by atoms with Gasteiger partial charge in [0.15, 0.2) is 0 Å². The number of nitrogens with zero attached hydrogens (tertiary/aromatic N) is 3. The highest BCUT2D eigenvalue weighted by molar-refractivity contribution is 7.99. The normalized spacial score (nSPS) is 10.5. The second-order valence-corrected chi connectivity index (χ2v) is 6.64. The lowest BCUT2D eigenvalue weighted by molar-refractivity contribution is -0.116. The molecule has 1 aromatic carbocycles. The third-order valence-electron chi connectivity index (χ3n) is 3.14. The van der Waals surface area contributed by atoms with Crippen molar-refractivity contribution in [3.05, 3.63) is 60.5 Å². The van der Waals surface area contributed by atoms with Crippen LogP contribution in [0.1, 0.15) is 0 Å². The van der Waals surface area contributed by atoms with Gasteiger partial charge in [-0.2, -0.15) is 0 Å². The zero-order valence-electron chi connectivity index (χ0n) is 12.8. The summed E-state index contributed by atoms with van der Waals surface area (Å²) in [6.07, 6.45) is 1.71. The minimum Gasteiger partial charge on any atom is -0.410 e. The van der Waals surface area contributed by atoms with Crippen molar-refractivity contribution in [2.75, 3.05) is 17.2 Å². The number of carbonyl (C=O) groups excluding carboxylic acids is 1. The molecule has 2 heterocycles. The van der Waals surface area contributed by atoms with Crippen molar-refractivity contribution in [2.45, 2.75) is 5.22 Å². The molecular formula is C17H15N3O2S2. The van der Waals surface area contributed by atoms with Crippen LogP contribution in [0, 0.1) is 0 Å². The van der Waals surface area contributed by atoms with Gasteiger partial charge in [-0.3, -0.25) is 4.79 Å². The van der Waals surface area contributed by atoms with Crippen molar-refractivity contribution < 1.29 is 9.21 Å². The van der Waals surface area contributed by atoms with Crippen molar-refractivity contribution in [3.63, 3.8) is 0 Å². The monoisotopic (exact) mass is 357 g/mol. The van der Waals surface area contributed by atoms with Gasteiger partial charge in [-0.15, -0.1) is 28.1 Å². The molecule has 0 aliphatic carbocycles.